The highest BCUT2D eigenvalue weighted by molar-refractivity contribution is 5.32. The van der Waals surface area contributed by atoms with Crippen LogP contribution in [0.4, 0.5) is 0 Å². The summed E-state index contributed by atoms with van der Waals surface area (Å²) in [6.45, 7) is -0.219. The summed E-state index contributed by atoms with van der Waals surface area (Å²) in [6, 6.07) is 0. The van der Waals surface area contributed by atoms with E-state index in [9.17, 15) is 0 Å². The van der Waals surface area contributed by atoms with E-state index < -0.39 is 0 Å². The van der Waals surface area contributed by atoms with Gasteiger partial charge in [-0.25, -0.2) is 4.79 Å². The Bertz CT molecular complexity index is 67.9. The predicted octanol–water partition coefficient (Wildman–Crippen LogP) is -0.728. The maximum absolute atomic E-state index is 9.11. The number of aliphatic hydroxyl groups is 1. The molecule has 5 heavy (non-hydrogen) atoms. The molecule has 0 heterocycles. The molecule has 28 valence electrons. The third kappa shape index (κ3) is 3.34. The Hall–Kier alpha value is -0.660. The van der Waals surface area contributed by atoms with Crippen LogP contribution in [0.5, 0.6) is 0 Å². The van der Waals surface area contributed by atoms with Crippen molar-refractivity contribution in [1.29, 1.82) is 1.43 Å². The summed E-state index contributed by atoms with van der Waals surface area (Å²) in [4.78, 5) is 12.0. The van der Waals surface area contributed by atoms with Crippen molar-refractivity contribution < 1.29 is 9.90 Å². The van der Waals surface area contributed by atoms with E-state index in [1.54, 1.807) is 0 Å². The monoisotopic (exact) mass is 74.0 g/mol. The highest BCUT2D eigenvalue weighted by Crippen LogP contribution is 1.46. The van der Waals surface area contributed by atoms with Gasteiger partial charge in [-0.1, -0.05) is 0 Å². The van der Waals surface area contributed by atoms with Gasteiger partial charge in [0.25, 0.3) is 0 Å². The average Bonchev–Trinajstić information content (AvgIpc) is 1.61. The third-order valence-corrected chi connectivity index (χ3v) is 0.129. The Labute approximate surface area is 30.4 Å². The molecule has 0 aromatic rings. The zero-order chi connectivity index (χ0) is 4.83. The molecular weight excluding hydrogens is 70.0 g/mol. The van der Waals surface area contributed by atoms with E-state index in [4.69, 9.17) is 6.23 Å². The zero-order valence-electron chi connectivity index (χ0n) is 3.47. The molecular formula is C2H3NO2. The van der Waals surface area contributed by atoms with Crippen LogP contribution in [-0.2, 0) is 4.79 Å². The Kier molecular flexibility index (Phi) is 1.72. The van der Waals surface area contributed by atoms with Crippen molar-refractivity contribution in [2.75, 3.05) is 6.73 Å². The fourth-order valence-electron chi connectivity index (χ4n) is 0.0264. The standard InChI is InChI=1S/C2H3NO2/c4-1-3-2-5/h4H,1H2/i4D. The minimum absolute atomic E-state index is 0.219. The van der Waals surface area contributed by atoms with Crippen LogP contribution < -0.4 is 0 Å². The lowest BCUT2D eigenvalue weighted by atomic mass is 11.3. The number of hydrogen-bond donors (Lipinski definition) is 1. The molecule has 0 aliphatic carbocycles. The molecule has 0 saturated heterocycles. The molecule has 3 heteroatoms. The molecule has 0 aliphatic heterocycles. The molecule has 0 fully saturated rings. The van der Waals surface area contributed by atoms with Gasteiger partial charge in [-0.2, -0.15) is 4.99 Å². The van der Waals surface area contributed by atoms with Gasteiger partial charge >= 0.3 is 0 Å². The summed E-state index contributed by atoms with van der Waals surface area (Å²) in [7, 11) is 0. The van der Waals surface area contributed by atoms with Crippen LogP contribution in [0.15, 0.2) is 4.99 Å². The molecule has 0 rings (SSSR count). The number of hydrogen-bond acceptors (Lipinski definition) is 3. The number of rotatable bonds is 2. The van der Waals surface area contributed by atoms with Crippen LogP contribution in [0.2, 0.25) is 0 Å². The number of aliphatic imine (C=N–C) groups is 1. The topological polar surface area (TPSA) is 49.7 Å². The molecule has 1 N–H and O–H groups in total. The third-order valence-electron chi connectivity index (χ3n) is 0.129. The van der Waals surface area contributed by atoms with E-state index in [2.05, 4.69) is 10.1 Å². The van der Waals surface area contributed by atoms with Crippen molar-refractivity contribution in [2.45, 2.75) is 0 Å². The summed E-state index contributed by atoms with van der Waals surface area (Å²) in [5, 5.41) is 3.60. The predicted molar refractivity (Wildman–Crippen MR) is 15.2 cm³/mol. The van der Waals surface area contributed by atoms with Gasteiger partial charge in [0.05, 0.1) is 0 Å². The number of carbonyl (C=O) groups excluding carboxylic acids is 1. The lowest BCUT2D eigenvalue weighted by Crippen LogP contribution is -1.66. The molecule has 0 saturated carbocycles. The van der Waals surface area contributed by atoms with Gasteiger partial charge in [-0.15, -0.1) is 0 Å². The van der Waals surface area contributed by atoms with Gasteiger partial charge in [-0.3, -0.25) is 0 Å². The van der Waals surface area contributed by atoms with Crippen molar-refractivity contribution in [1.82, 2.24) is 0 Å². The average molecular weight is 74.1 g/mol. The van der Waals surface area contributed by atoms with Gasteiger partial charge in [0.2, 0.25) is 7.51 Å². The van der Waals surface area contributed by atoms with Gasteiger partial charge in [0.15, 0.2) is 0 Å². The van der Waals surface area contributed by atoms with E-state index in [1.807, 2.05) is 0 Å². The SMILES string of the molecule is [2H]OCN=C=O. The molecule has 0 aliphatic rings. The first-order valence-electron chi connectivity index (χ1n) is 1.44. The van der Waals surface area contributed by atoms with Gasteiger partial charge in [0.1, 0.15) is 6.73 Å². The van der Waals surface area contributed by atoms with Crippen LogP contribution >= 0.6 is 0 Å². The molecule has 0 bridgehead atoms. The minimum Gasteiger partial charge on any atom is -0.374 e. The molecule has 0 aromatic carbocycles. The number of isocyanates is 1. The van der Waals surface area contributed by atoms with Crippen molar-refractivity contribution in [3.05, 3.63) is 0 Å². The second kappa shape index (κ2) is 3.34. The van der Waals surface area contributed by atoms with Crippen molar-refractivity contribution in [3.8, 4) is 0 Å². The number of nitrogens with zero attached hydrogens (tertiary/aromatic N) is 1. The van der Waals surface area contributed by atoms with E-state index in [0.717, 1.165) is 0 Å². The highest BCUT2D eigenvalue weighted by atomic mass is 16.3. The van der Waals surface area contributed by atoms with Gasteiger partial charge < -0.3 is 5.11 Å². The largest absolute Gasteiger partial charge is 0.374 e. The van der Waals surface area contributed by atoms with E-state index in [0.29, 0.717) is 0 Å². The lowest BCUT2D eigenvalue weighted by Gasteiger charge is -1.60. The van der Waals surface area contributed by atoms with Gasteiger partial charge in [-0.05, 0) is 0 Å². The highest BCUT2D eigenvalue weighted by Gasteiger charge is 1.52. The number of aliphatic hydroxyl groups excluding tert-OH is 1. The van der Waals surface area contributed by atoms with Crippen molar-refractivity contribution >= 4 is 6.08 Å². The second-order valence-electron chi connectivity index (χ2n) is 0.379. The molecule has 0 atom stereocenters. The molecule has 0 radical (unpaired) electrons. The van der Waals surface area contributed by atoms with Crippen LogP contribution in [0.1, 0.15) is 0 Å². The molecule has 0 aromatic heterocycles. The molecule has 0 amide bonds. The Morgan fingerprint density at radius 1 is 2.40 bits per heavy atom. The Balaban J connectivity index is 2.86. The normalized spacial score (nSPS) is 8.40. The fraction of sp³-hybridized carbons (Fsp3) is 0.500. The summed E-state index contributed by atoms with van der Waals surface area (Å²) in [5.41, 5.74) is 0. The first kappa shape index (κ1) is 2.57. The Morgan fingerprint density at radius 2 is 3.20 bits per heavy atom. The maximum atomic E-state index is 9.11. The summed E-state index contributed by atoms with van der Waals surface area (Å²) < 4.78 is 5.93. The molecule has 0 spiro atoms. The summed E-state index contributed by atoms with van der Waals surface area (Å²) in [5.74, 6) is 0. The first-order chi connectivity index (χ1) is 2.91. The quantitative estimate of drug-likeness (QED) is 0.347. The fourth-order valence-corrected chi connectivity index (χ4v) is 0.0264. The second-order valence-corrected chi connectivity index (χ2v) is 0.379. The van der Waals surface area contributed by atoms with Crippen molar-refractivity contribution in [3.63, 3.8) is 0 Å². The van der Waals surface area contributed by atoms with E-state index in [1.165, 1.54) is 6.08 Å². The zero-order valence-corrected chi connectivity index (χ0v) is 2.47. The van der Waals surface area contributed by atoms with Crippen LogP contribution in [0.25, 0.3) is 0 Å². The van der Waals surface area contributed by atoms with Crippen LogP contribution in [0.3, 0.4) is 0 Å². The van der Waals surface area contributed by atoms with Crippen LogP contribution in [0, 0.1) is 0 Å². The molecule has 3 nitrogen and oxygen atoms in total. The van der Waals surface area contributed by atoms with E-state index >= 15 is 0 Å². The Morgan fingerprint density at radius 3 is 3.40 bits per heavy atom. The van der Waals surface area contributed by atoms with Crippen molar-refractivity contribution in [2.24, 2.45) is 4.99 Å². The summed E-state index contributed by atoms with van der Waals surface area (Å²) in [6.07, 6.45) is 1.20. The summed E-state index contributed by atoms with van der Waals surface area (Å²) >= 11 is 0. The lowest BCUT2D eigenvalue weighted by molar-refractivity contribution is 0.308. The first-order valence-corrected chi connectivity index (χ1v) is 1.03. The smallest absolute Gasteiger partial charge is 0.237 e. The maximum Gasteiger partial charge on any atom is 0.237 e. The minimum atomic E-state index is -0.219. The molecule has 0 unspecified atom stereocenters. The van der Waals surface area contributed by atoms with Crippen LogP contribution in [-0.4, -0.2) is 19.4 Å². The van der Waals surface area contributed by atoms with E-state index in [-0.39, 0.29) is 6.73 Å². The van der Waals surface area contributed by atoms with Gasteiger partial charge in [0, 0.05) is 0 Å².